The summed E-state index contributed by atoms with van der Waals surface area (Å²) in [6.07, 6.45) is 2.11. The van der Waals surface area contributed by atoms with Gasteiger partial charge in [0.1, 0.15) is 0 Å². The number of hydrogen-bond acceptors (Lipinski definition) is 2. The van der Waals surface area contributed by atoms with Crippen molar-refractivity contribution in [2.45, 2.75) is 26.8 Å². The number of aromatic nitrogens is 1. The lowest BCUT2D eigenvalue weighted by atomic mass is 10.1. The molecule has 5 heteroatoms. The van der Waals surface area contributed by atoms with Gasteiger partial charge < -0.3 is 15.6 Å². The summed E-state index contributed by atoms with van der Waals surface area (Å²) < 4.78 is 2.13. The molecule has 3 rings (SSSR count). The molecule has 0 bridgehead atoms. The van der Waals surface area contributed by atoms with Crippen molar-refractivity contribution in [2.24, 2.45) is 11.7 Å². The first-order chi connectivity index (χ1) is 12.4. The molecule has 0 atom stereocenters. The van der Waals surface area contributed by atoms with E-state index < -0.39 is 0 Å². The maximum atomic E-state index is 12.8. The van der Waals surface area contributed by atoms with Gasteiger partial charge >= 0.3 is 0 Å². The minimum absolute atomic E-state index is 0.147. The summed E-state index contributed by atoms with van der Waals surface area (Å²) in [5.74, 6) is -0.0365. The molecule has 2 aromatic carbocycles. The van der Waals surface area contributed by atoms with E-state index in [0.717, 1.165) is 23.0 Å². The topological polar surface area (TPSA) is 77.1 Å². The fourth-order valence-corrected chi connectivity index (χ4v) is 3.08. The van der Waals surface area contributed by atoms with Crippen molar-refractivity contribution in [1.82, 2.24) is 4.57 Å². The molecule has 0 aliphatic rings. The van der Waals surface area contributed by atoms with Crippen molar-refractivity contribution in [3.05, 3.63) is 65.9 Å². The Morgan fingerprint density at radius 2 is 1.77 bits per heavy atom. The first kappa shape index (κ1) is 17.7. The summed E-state index contributed by atoms with van der Waals surface area (Å²) in [5, 5.41) is 3.87. The van der Waals surface area contributed by atoms with Crippen molar-refractivity contribution in [3.63, 3.8) is 0 Å². The molecule has 2 amide bonds. The van der Waals surface area contributed by atoms with Gasteiger partial charge in [-0.1, -0.05) is 44.2 Å². The largest absolute Gasteiger partial charge is 0.369 e. The molecule has 26 heavy (non-hydrogen) atoms. The number of nitrogens with two attached hydrogens (primary N) is 1. The normalized spacial score (nSPS) is 11.0. The molecule has 134 valence electrons. The van der Waals surface area contributed by atoms with Gasteiger partial charge in [-0.25, -0.2) is 0 Å². The number of nitrogens with zero attached hydrogens (tertiary/aromatic N) is 1. The van der Waals surface area contributed by atoms with E-state index in [-0.39, 0.29) is 18.2 Å². The zero-order valence-corrected chi connectivity index (χ0v) is 15.0. The number of primary amides is 1. The van der Waals surface area contributed by atoms with Crippen LogP contribution in [0.5, 0.6) is 0 Å². The Balaban J connectivity index is 1.84. The van der Waals surface area contributed by atoms with Gasteiger partial charge in [-0.3, -0.25) is 9.59 Å². The Bertz CT molecular complexity index is 940. The van der Waals surface area contributed by atoms with Crippen molar-refractivity contribution in [1.29, 1.82) is 0 Å². The van der Waals surface area contributed by atoms with E-state index >= 15 is 0 Å². The Morgan fingerprint density at radius 3 is 2.42 bits per heavy atom. The van der Waals surface area contributed by atoms with Gasteiger partial charge in [0.25, 0.3) is 5.91 Å². The van der Waals surface area contributed by atoms with E-state index in [9.17, 15) is 9.59 Å². The molecule has 1 heterocycles. The molecule has 3 N–H and O–H groups in total. The molecule has 0 radical (unpaired) electrons. The maximum Gasteiger partial charge on any atom is 0.257 e. The zero-order chi connectivity index (χ0) is 18.7. The van der Waals surface area contributed by atoms with Crippen LogP contribution in [-0.2, 0) is 17.8 Å². The van der Waals surface area contributed by atoms with Gasteiger partial charge in [-0.05, 0) is 29.7 Å². The van der Waals surface area contributed by atoms with E-state index in [4.69, 9.17) is 5.73 Å². The van der Waals surface area contributed by atoms with E-state index in [0.29, 0.717) is 17.2 Å². The Kier molecular flexibility index (Phi) is 5.07. The lowest BCUT2D eigenvalue weighted by molar-refractivity contribution is -0.117. The van der Waals surface area contributed by atoms with E-state index in [1.165, 1.54) is 0 Å². The molecular weight excluding hydrogens is 326 g/mol. The lowest BCUT2D eigenvalue weighted by Gasteiger charge is -2.07. The lowest BCUT2D eigenvalue weighted by Crippen LogP contribution is -2.14. The number of hydrogen-bond donors (Lipinski definition) is 2. The molecule has 0 unspecified atom stereocenters. The van der Waals surface area contributed by atoms with Crippen LogP contribution in [0.1, 0.15) is 29.8 Å². The number of para-hydroxylation sites is 1. The molecule has 3 aromatic rings. The summed E-state index contributed by atoms with van der Waals surface area (Å²) in [5.41, 5.74) is 8.42. The van der Waals surface area contributed by atoms with Gasteiger partial charge in [0.15, 0.2) is 0 Å². The van der Waals surface area contributed by atoms with Crippen molar-refractivity contribution in [3.8, 4) is 0 Å². The van der Waals surface area contributed by atoms with Crippen LogP contribution in [-0.4, -0.2) is 16.4 Å². The van der Waals surface area contributed by atoms with Crippen LogP contribution in [0.3, 0.4) is 0 Å². The second-order valence-corrected chi connectivity index (χ2v) is 6.90. The molecule has 0 fully saturated rings. The third-order valence-corrected chi connectivity index (χ3v) is 4.19. The monoisotopic (exact) mass is 349 g/mol. The van der Waals surface area contributed by atoms with Gasteiger partial charge in [-0.2, -0.15) is 0 Å². The molecule has 0 aliphatic heterocycles. The van der Waals surface area contributed by atoms with Crippen LogP contribution in [0.25, 0.3) is 10.9 Å². The van der Waals surface area contributed by atoms with Gasteiger partial charge in [0.2, 0.25) is 5.91 Å². The summed E-state index contributed by atoms with van der Waals surface area (Å²) in [6, 6.07) is 15.1. The van der Waals surface area contributed by atoms with Crippen LogP contribution in [0, 0.1) is 5.92 Å². The van der Waals surface area contributed by atoms with Crippen LogP contribution in [0.2, 0.25) is 0 Å². The van der Waals surface area contributed by atoms with E-state index in [1.54, 1.807) is 24.3 Å². The number of amides is 2. The van der Waals surface area contributed by atoms with Crippen molar-refractivity contribution in [2.75, 3.05) is 5.32 Å². The molecule has 5 nitrogen and oxygen atoms in total. The molecule has 0 spiro atoms. The first-order valence-corrected chi connectivity index (χ1v) is 8.70. The average molecular weight is 349 g/mol. The van der Waals surface area contributed by atoms with Crippen LogP contribution >= 0.6 is 0 Å². The SMILES string of the molecule is CC(C)Cn1cc(C(=O)Nc2ccc(CC(N)=O)cc2)c2ccccc21. The predicted octanol–water partition coefficient (Wildman–Crippen LogP) is 3.58. The van der Waals surface area contributed by atoms with E-state index in [1.807, 2.05) is 30.5 Å². The summed E-state index contributed by atoms with van der Waals surface area (Å²) in [4.78, 5) is 23.8. The third-order valence-electron chi connectivity index (χ3n) is 4.19. The molecule has 1 aromatic heterocycles. The highest BCUT2D eigenvalue weighted by molar-refractivity contribution is 6.13. The van der Waals surface area contributed by atoms with Crippen molar-refractivity contribution >= 4 is 28.4 Å². The smallest absolute Gasteiger partial charge is 0.257 e. The molecular formula is C21H23N3O2. The summed E-state index contributed by atoms with van der Waals surface area (Å²) in [6.45, 7) is 5.17. The standard InChI is InChI=1S/C21H23N3O2/c1-14(2)12-24-13-18(17-5-3-4-6-19(17)24)21(26)23-16-9-7-15(8-10-16)11-20(22)25/h3-10,13-14H,11-12H2,1-2H3,(H2,22,25)(H,23,26). The first-order valence-electron chi connectivity index (χ1n) is 8.70. The number of carbonyl (C=O) groups excluding carboxylic acids is 2. The highest BCUT2D eigenvalue weighted by Crippen LogP contribution is 2.23. The average Bonchev–Trinajstić information content (AvgIpc) is 2.94. The number of anilines is 1. The number of benzene rings is 2. The van der Waals surface area contributed by atoms with Crippen LogP contribution < -0.4 is 11.1 Å². The van der Waals surface area contributed by atoms with Crippen LogP contribution in [0.4, 0.5) is 5.69 Å². The summed E-state index contributed by atoms with van der Waals surface area (Å²) in [7, 11) is 0. The van der Waals surface area contributed by atoms with Gasteiger partial charge in [0, 0.05) is 29.3 Å². The van der Waals surface area contributed by atoms with Gasteiger partial charge in [-0.15, -0.1) is 0 Å². The highest BCUT2D eigenvalue weighted by Gasteiger charge is 2.15. The summed E-state index contributed by atoms with van der Waals surface area (Å²) >= 11 is 0. The minimum Gasteiger partial charge on any atom is -0.369 e. The van der Waals surface area contributed by atoms with E-state index in [2.05, 4.69) is 23.7 Å². The maximum absolute atomic E-state index is 12.8. The zero-order valence-electron chi connectivity index (χ0n) is 15.0. The quantitative estimate of drug-likeness (QED) is 0.713. The fraction of sp³-hybridized carbons (Fsp3) is 0.238. The Morgan fingerprint density at radius 1 is 1.08 bits per heavy atom. The fourth-order valence-electron chi connectivity index (χ4n) is 3.08. The molecule has 0 saturated heterocycles. The van der Waals surface area contributed by atoms with Gasteiger partial charge in [0.05, 0.1) is 12.0 Å². The number of nitrogens with one attached hydrogen (secondary N) is 1. The number of carbonyl (C=O) groups is 2. The number of rotatable bonds is 6. The predicted molar refractivity (Wildman–Crippen MR) is 104 cm³/mol. The second kappa shape index (κ2) is 7.44. The molecule has 0 saturated carbocycles. The minimum atomic E-state index is -0.375. The molecule has 0 aliphatic carbocycles. The Hall–Kier alpha value is -3.08. The van der Waals surface area contributed by atoms with Crippen molar-refractivity contribution < 1.29 is 9.59 Å². The second-order valence-electron chi connectivity index (χ2n) is 6.90. The number of fused-ring (bicyclic) bond motifs is 1. The van der Waals surface area contributed by atoms with Crippen LogP contribution in [0.15, 0.2) is 54.7 Å². The third kappa shape index (κ3) is 3.94. The Labute approximate surface area is 152 Å². The highest BCUT2D eigenvalue weighted by atomic mass is 16.2.